The Morgan fingerprint density at radius 2 is 2.39 bits per heavy atom. The van der Waals surface area contributed by atoms with Crippen molar-refractivity contribution in [2.45, 2.75) is 13.8 Å². The van der Waals surface area contributed by atoms with Gasteiger partial charge in [-0.3, -0.25) is 4.79 Å². The molecule has 0 aliphatic heterocycles. The second-order valence-electron chi connectivity index (χ2n) is 4.61. The number of carbonyl (C=O) groups excluding carboxylic acids is 1. The Balaban J connectivity index is 2.07. The highest BCUT2D eigenvalue weighted by atomic mass is 32.1. The quantitative estimate of drug-likeness (QED) is 0.541. The van der Waals surface area contributed by atoms with Crippen LogP contribution >= 0.6 is 11.3 Å². The van der Waals surface area contributed by atoms with Crippen LogP contribution in [0.5, 0.6) is 0 Å². The van der Waals surface area contributed by atoms with E-state index in [0.717, 1.165) is 16.0 Å². The third-order valence-corrected chi connectivity index (χ3v) is 4.33. The summed E-state index contributed by atoms with van der Waals surface area (Å²) in [6.07, 6.45) is 4.25. The summed E-state index contributed by atoms with van der Waals surface area (Å²) in [5.74, 6) is 0.0734. The molecule has 3 aromatic heterocycles. The number of hydrogen-bond donors (Lipinski definition) is 0. The number of aromatic nitrogens is 2. The zero-order valence-corrected chi connectivity index (χ0v) is 13.3. The van der Waals surface area contributed by atoms with Crippen LogP contribution in [0.4, 0.5) is 0 Å². The normalized spacial score (nSPS) is 11.4. The lowest BCUT2D eigenvalue weighted by atomic mass is 10.2. The van der Waals surface area contributed by atoms with E-state index in [-0.39, 0.29) is 12.2 Å². The average molecular weight is 331 g/mol. The molecule has 23 heavy (non-hydrogen) atoms. The van der Waals surface area contributed by atoms with E-state index in [1.807, 2.05) is 0 Å². The molecule has 0 unspecified atom stereocenters. The maximum atomic E-state index is 12.5. The Morgan fingerprint density at radius 1 is 1.57 bits per heavy atom. The molecule has 0 amide bonds. The van der Waals surface area contributed by atoms with Crippen molar-refractivity contribution in [3.63, 3.8) is 0 Å². The molecule has 0 aliphatic rings. The molecular formula is C15H13N3O4S. The zero-order chi connectivity index (χ0) is 16.4. The molecule has 0 saturated carbocycles. The lowest BCUT2D eigenvalue weighted by Gasteiger charge is -1.99. The Kier molecular flexibility index (Phi) is 4.07. The minimum Gasteiger partial charge on any atom is -0.463 e. The number of ether oxygens (including phenoxy) is 1. The highest BCUT2D eigenvalue weighted by molar-refractivity contribution is 7.20. The topological polar surface area (TPSA) is 86.7 Å². The first-order valence-electron chi connectivity index (χ1n) is 6.87. The molecule has 8 heteroatoms. The molecule has 0 fully saturated rings. The molecule has 0 saturated heterocycles. The summed E-state index contributed by atoms with van der Waals surface area (Å²) in [6.45, 7) is 3.71. The molecule has 0 bridgehead atoms. The van der Waals surface area contributed by atoms with Crippen LogP contribution in [0.2, 0.25) is 0 Å². The van der Waals surface area contributed by atoms with E-state index in [0.29, 0.717) is 26.4 Å². The smallest absolute Gasteiger partial charge is 0.348 e. The van der Waals surface area contributed by atoms with Gasteiger partial charge < -0.3 is 9.15 Å². The highest BCUT2D eigenvalue weighted by Crippen LogP contribution is 2.27. The lowest BCUT2D eigenvalue weighted by Crippen LogP contribution is -2.17. The lowest BCUT2D eigenvalue weighted by molar-refractivity contribution is 0.0531. The second-order valence-corrected chi connectivity index (χ2v) is 5.61. The minimum absolute atomic E-state index is 0.275. The van der Waals surface area contributed by atoms with E-state index in [9.17, 15) is 9.59 Å². The predicted octanol–water partition coefficient (Wildman–Crippen LogP) is 2.42. The molecule has 7 nitrogen and oxygen atoms in total. The van der Waals surface area contributed by atoms with Crippen molar-refractivity contribution in [2.75, 3.05) is 6.61 Å². The largest absolute Gasteiger partial charge is 0.463 e. The van der Waals surface area contributed by atoms with Crippen molar-refractivity contribution in [3.8, 4) is 0 Å². The first-order chi connectivity index (χ1) is 11.1. The Hall–Kier alpha value is -2.74. The maximum Gasteiger partial charge on any atom is 0.348 e. The van der Waals surface area contributed by atoms with Gasteiger partial charge in [-0.2, -0.15) is 9.78 Å². The van der Waals surface area contributed by atoms with Gasteiger partial charge >= 0.3 is 5.97 Å². The fourth-order valence-electron chi connectivity index (χ4n) is 2.07. The van der Waals surface area contributed by atoms with Gasteiger partial charge in [0.15, 0.2) is 0 Å². The van der Waals surface area contributed by atoms with Crippen molar-refractivity contribution < 1.29 is 13.9 Å². The highest BCUT2D eigenvalue weighted by Gasteiger charge is 2.20. The number of hydrogen-bond acceptors (Lipinski definition) is 7. The summed E-state index contributed by atoms with van der Waals surface area (Å²) in [6, 6.07) is 3.44. The standard InChI is InChI=1S/C15H13N3O4S/c1-3-21-15(20)12-9(2)11-13(23-12)16-8-18(14(11)19)17-7-10-5-4-6-22-10/h4-8H,3H2,1-2H3/b17-7-. The molecule has 0 atom stereocenters. The van der Waals surface area contributed by atoms with Gasteiger partial charge in [0, 0.05) is 0 Å². The van der Waals surface area contributed by atoms with Crippen LogP contribution in [0.3, 0.4) is 0 Å². The van der Waals surface area contributed by atoms with Crippen molar-refractivity contribution in [3.05, 3.63) is 51.3 Å². The Bertz CT molecular complexity index is 938. The molecule has 3 rings (SSSR count). The average Bonchev–Trinajstić information content (AvgIpc) is 3.15. The van der Waals surface area contributed by atoms with Crippen LogP contribution in [-0.2, 0) is 4.74 Å². The summed E-state index contributed by atoms with van der Waals surface area (Å²) in [5, 5.41) is 4.41. The number of thiophene rings is 1. The van der Waals surface area contributed by atoms with Crippen molar-refractivity contribution >= 4 is 33.7 Å². The number of esters is 1. The zero-order valence-electron chi connectivity index (χ0n) is 12.5. The number of fused-ring (bicyclic) bond motifs is 1. The van der Waals surface area contributed by atoms with Gasteiger partial charge in [-0.15, -0.1) is 11.3 Å². The Morgan fingerprint density at radius 3 is 3.09 bits per heavy atom. The molecule has 3 aromatic rings. The molecule has 0 N–H and O–H groups in total. The van der Waals surface area contributed by atoms with E-state index < -0.39 is 5.97 Å². The minimum atomic E-state index is -0.446. The monoisotopic (exact) mass is 331 g/mol. The van der Waals surface area contributed by atoms with Gasteiger partial charge in [0.05, 0.1) is 24.5 Å². The van der Waals surface area contributed by atoms with Gasteiger partial charge in [0.1, 0.15) is 21.8 Å². The first-order valence-corrected chi connectivity index (χ1v) is 7.69. The molecule has 0 spiro atoms. The van der Waals surface area contributed by atoms with Crippen LogP contribution in [0.25, 0.3) is 10.2 Å². The molecule has 118 valence electrons. The fourth-order valence-corrected chi connectivity index (χ4v) is 3.11. The van der Waals surface area contributed by atoms with E-state index in [1.165, 1.54) is 18.8 Å². The molecule has 0 radical (unpaired) electrons. The van der Waals surface area contributed by atoms with Crippen LogP contribution < -0.4 is 5.56 Å². The number of furan rings is 1. The third kappa shape index (κ3) is 2.80. The van der Waals surface area contributed by atoms with Crippen molar-refractivity contribution in [2.24, 2.45) is 5.10 Å². The number of nitrogens with zero attached hydrogens (tertiary/aromatic N) is 3. The van der Waals surface area contributed by atoms with Crippen LogP contribution in [0.15, 0.2) is 39.0 Å². The predicted molar refractivity (Wildman–Crippen MR) is 86.3 cm³/mol. The van der Waals surface area contributed by atoms with Gasteiger partial charge in [0.25, 0.3) is 5.56 Å². The van der Waals surface area contributed by atoms with E-state index >= 15 is 0 Å². The maximum absolute atomic E-state index is 12.5. The van der Waals surface area contributed by atoms with E-state index in [2.05, 4.69) is 10.1 Å². The molecule has 3 heterocycles. The summed E-state index contributed by atoms with van der Waals surface area (Å²) < 4.78 is 11.2. The third-order valence-electron chi connectivity index (χ3n) is 3.15. The second kappa shape index (κ2) is 6.17. The summed E-state index contributed by atoms with van der Waals surface area (Å²) in [4.78, 5) is 29.5. The summed E-state index contributed by atoms with van der Waals surface area (Å²) in [7, 11) is 0. The molecule has 0 aliphatic carbocycles. The van der Waals surface area contributed by atoms with E-state index in [4.69, 9.17) is 9.15 Å². The number of carbonyl (C=O) groups is 1. The van der Waals surface area contributed by atoms with Gasteiger partial charge in [-0.1, -0.05) is 0 Å². The molecular weight excluding hydrogens is 318 g/mol. The number of aryl methyl sites for hydroxylation is 1. The Labute approximate surface area is 134 Å². The fraction of sp³-hybridized carbons (Fsp3) is 0.200. The van der Waals surface area contributed by atoms with Crippen LogP contribution in [0.1, 0.15) is 27.9 Å². The van der Waals surface area contributed by atoms with Gasteiger partial charge in [-0.05, 0) is 31.5 Å². The van der Waals surface area contributed by atoms with Gasteiger partial charge in [0.2, 0.25) is 0 Å². The van der Waals surface area contributed by atoms with Crippen molar-refractivity contribution in [1.82, 2.24) is 9.66 Å². The first kappa shape index (κ1) is 15.2. The van der Waals surface area contributed by atoms with Crippen molar-refractivity contribution in [1.29, 1.82) is 0 Å². The number of rotatable bonds is 4. The van der Waals surface area contributed by atoms with E-state index in [1.54, 1.807) is 26.0 Å². The van der Waals surface area contributed by atoms with Crippen LogP contribution in [-0.4, -0.2) is 28.5 Å². The summed E-state index contributed by atoms with van der Waals surface area (Å²) in [5.41, 5.74) is 0.214. The SMILES string of the molecule is CCOC(=O)c1sc2ncn(/N=C\c3ccco3)c(=O)c2c1C. The summed E-state index contributed by atoms with van der Waals surface area (Å²) >= 11 is 1.14. The molecule has 0 aromatic carbocycles. The van der Waals surface area contributed by atoms with Crippen LogP contribution in [0, 0.1) is 6.92 Å². The van der Waals surface area contributed by atoms with Gasteiger partial charge in [-0.25, -0.2) is 9.78 Å².